The van der Waals surface area contributed by atoms with E-state index < -0.39 is 0 Å². The lowest BCUT2D eigenvalue weighted by Gasteiger charge is -2.47. The van der Waals surface area contributed by atoms with E-state index in [4.69, 9.17) is 4.74 Å². The van der Waals surface area contributed by atoms with Crippen molar-refractivity contribution in [2.24, 2.45) is 5.92 Å². The summed E-state index contributed by atoms with van der Waals surface area (Å²) in [6.45, 7) is 6.57. The molecular weight excluding hydrogens is 332 g/mol. The molecule has 2 unspecified atom stereocenters. The molecule has 4 aliphatic rings. The molecule has 0 aliphatic carbocycles. The molecule has 4 aliphatic heterocycles. The van der Waals surface area contributed by atoms with Crippen LogP contribution in [0.5, 0.6) is 5.75 Å². The van der Waals surface area contributed by atoms with Crippen molar-refractivity contribution in [1.29, 1.82) is 0 Å². The van der Waals surface area contributed by atoms with E-state index in [0.29, 0.717) is 24.9 Å². The minimum atomic E-state index is -0.287. The quantitative estimate of drug-likeness (QED) is 0.813. The summed E-state index contributed by atoms with van der Waals surface area (Å²) in [5.74, 6) is 0.399. The van der Waals surface area contributed by atoms with Crippen molar-refractivity contribution in [3.05, 3.63) is 24.3 Å². The van der Waals surface area contributed by atoms with Gasteiger partial charge in [-0.1, -0.05) is 6.07 Å². The molecule has 2 atom stereocenters. The summed E-state index contributed by atoms with van der Waals surface area (Å²) < 4.78 is 5.23. The van der Waals surface area contributed by atoms with Crippen LogP contribution in [0.15, 0.2) is 24.3 Å². The monoisotopic (exact) mass is 358 g/mol. The summed E-state index contributed by atoms with van der Waals surface area (Å²) in [6.07, 6.45) is 0.267. The average Bonchev–Trinajstić information content (AvgIpc) is 3.09. The lowest BCUT2D eigenvalue weighted by molar-refractivity contribution is -0.126. The molecule has 1 N–H and O–H groups in total. The van der Waals surface area contributed by atoms with Crippen LogP contribution in [-0.2, 0) is 9.59 Å². The standard InChI is InChI=1S/C19H26N4O3/c1-26-17-4-2-3-15(10-17)23-12-14(9-18(23)24)19(25)20-11-16-13-21-5-7-22(16)8-6-21/h2-4,10,14,16H,5-9,11-13H2,1H3,(H,20,25). The number of methoxy groups -OCH3 is 1. The Morgan fingerprint density at radius 2 is 2.04 bits per heavy atom. The minimum absolute atomic E-state index is 0.00927. The molecule has 2 bridgehead atoms. The molecule has 140 valence electrons. The first-order chi connectivity index (χ1) is 12.6. The average molecular weight is 358 g/mol. The van der Waals surface area contributed by atoms with Gasteiger partial charge >= 0.3 is 0 Å². The van der Waals surface area contributed by atoms with E-state index in [1.807, 2.05) is 24.3 Å². The van der Waals surface area contributed by atoms with Gasteiger partial charge in [-0.3, -0.25) is 19.4 Å². The Labute approximate surface area is 153 Å². The number of carbonyl (C=O) groups excluding carboxylic acids is 2. The number of benzene rings is 1. The molecule has 5 rings (SSSR count). The first-order valence-electron chi connectivity index (χ1n) is 9.32. The third-order valence-electron chi connectivity index (χ3n) is 5.76. The number of hydrogen-bond acceptors (Lipinski definition) is 5. The van der Waals surface area contributed by atoms with Crippen molar-refractivity contribution in [2.45, 2.75) is 12.5 Å². The van der Waals surface area contributed by atoms with Crippen LogP contribution in [-0.4, -0.2) is 80.6 Å². The first-order valence-corrected chi connectivity index (χ1v) is 9.32. The summed E-state index contributed by atoms with van der Waals surface area (Å²) in [6, 6.07) is 7.81. The Bertz CT molecular complexity index is 687. The summed E-state index contributed by atoms with van der Waals surface area (Å²) in [5, 5.41) is 3.08. The topological polar surface area (TPSA) is 65.1 Å². The van der Waals surface area contributed by atoms with Crippen LogP contribution in [0, 0.1) is 5.92 Å². The smallest absolute Gasteiger partial charge is 0.227 e. The number of hydrogen-bond donors (Lipinski definition) is 1. The maximum absolute atomic E-state index is 12.6. The number of amides is 2. The molecule has 1 aromatic rings. The summed E-state index contributed by atoms with van der Waals surface area (Å²) in [4.78, 5) is 31.6. The predicted molar refractivity (Wildman–Crippen MR) is 98.3 cm³/mol. The Morgan fingerprint density at radius 3 is 2.73 bits per heavy atom. The van der Waals surface area contributed by atoms with Crippen LogP contribution < -0.4 is 15.0 Å². The molecule has 0 saturated carbocycles. The van der Waals surface area contributed by atoms with Gasteiger partial charge in [-0.2, -0.15) is 0 Å². The van der Waals surface area contributed by atoms with Crippen LogP contribution in [0.3, 0.4) is 0 Å². The van der Waals surface area contributed by atoms with Crippen molar-refractivity contribution >= 4 is 17.5 Å². The molecule has 0 spiro atoms. The largest absolute Gasteiger partial charge is 0.497 e. The van der Waals surface area contributed by atoms with E-state index in [9.17, 15) is 9.59 Å². The molecule has 7 heteroatoms. The highest BCUT2D eigenvalue weighted by molar-refractivity contribution is 6.00. The molecule has 0 radical (unpaired) electrons. The Balaban J connectivity index is 1.33. The highest BCUT2D eigenvalue weighted by atomic mass is 16.5. The van der Waals surface area contributed by atoms with Crippen LogP contribution in [0.25, 0.3) is 0 Å². The minimum Gasteiger partial charge on any atom is -0.497 e. The summed E-state index contributed by atoms with van der Waals surface area (Å²) in [7, 11) is 1.60. The SMILES string of the molecule is COc1cccc(N2CC(C(=O)NCC3CN4CCN3CC4)CC2=O)c1. The molecular formula is C19H26N4O3. The van der Waals surface area contributed by atoms with Crippen LogP contribution in [0.2, 0.25) is 0 Å². The van der Waals surface area contributed by atoms with Crippen molar-refractivity contribution in [2.75, 3.05) is 57.8 Å². The van der Waals surface area contributed by atoms with E-state index in [0.717, 1.165) is 38.4 Å². The maximum atomic E-state index is 12.6. The van der Waals surface area contributed by atoms with Gasteiger partial charge < -0.3 is 15.0 Å². The molecule has 7 nitrogen and oxygen atoms in total. The first kappa shape index (κ1) is 17.3. The van der Waals surface area contributed by atoms with Gasteiger partial charge in [0.05, 0.1) is 13.0 Å². The summed E-state index contributed by atoms with van der Waals surface area (Å²) in [5.41, 5.74) is 0.785. The van der Waals surface area contributed by atoms with E-state index in [1.54, 1.807) is 12.0 Å². The second kappa shape index (κ2) is 7.25. The van der Waals surface area contributed by atoms with Crippen LogP contribution >= 0.6 is 0 Å². The Hall–Kier alpha value is -2.12. The van der Waals surface area contributed by atoms with Crippen molar-refractivity contribution in [3.8, 4) is 5.75 Å². The number of piperazine rings is 3. The number of anilines is 1. The zero-order valence-corrected chi connectivity index (χ0v) is 15.2. The second-order valence-electron chi connectivity index (χ2n) is 7.34. The highest BCUT2D eigenvalue weighted by Crippen LogP contribution is 2.28. The van der Waals surface area contributed by atoms with E-state index in [1.165, 1.54) is 0 Å². The number of fused-ring (bicyclic) bond motifs is 3. The fourth-order valence-electron chi connectivity index (χ4n) is 4.19. The fourth-order valence-corrected chi connectivity index (χ4v) is 4.19. The Morgan fingerprint density at radius 1 is 1.23 bits per heavy atom. The lowest BCUT2D eigenvalue weighted by atomic mass is 10.1. The van der Waals surface area contributed by atoms with Gasteiger partial charge in [0.25, 0.3) is 0 Å². The second-order valence-corrected chi connectivity index (χ2v) is 7.34. The number of nitrogens with one attached hydrogen (secondary N) is 1. The van der Waals surface area contributed by atoms with Gasteiger partial charge in [0.1, 0.15) is 5.75 Å². The van der Waals surface area contributed by atoms with Crippen molar-refractivity contribution < 1.29 is 14.3 Å². The van der Waals surface area contributed by atoms with Crippen molar-refractivity contribution in [3.63, 3.8) is 0 Å². The van der Waals surface area contributed by atoms with Gasteiger partial charge in [0.2, 0.25) is 11.8 Å². The van der Waals surface area contributed by atoms with Gasteiger partial charge in [-0.25, -0.2) is 0 Å². The molecule has 4 heterocycles. The van der Waals surface area contributed by atoms with Crippen molar-refractivity contribution in [1.82, 2.24) is 15.1 Å². The molecule has 2 amide bonds. The zero-order chi connectivity index (χ0) is 18.1. The molecule has 1 aromatic carbocycles. The third kappa shape index (κ3) is 3.41. The summed E-state index contributed by atoms with van der Waals surface area (Å²) >= 11 is 0. The fraction of sp³-hybridized carbons (Fsp3) is 0.579. The number of carbonyl (C=O) groups is 2. The van der Waals surface area contributed by atoms with Gasteiger partial charge in [-0.15, -0.1) is 0 Å². The van der Waals surface area contributed by atoms with Gasteiger partial charge in [0, 0.05) is 70.0 Å². The molecule has 4 fully saturated rings. The zero-order valence-electron chi connectivity index (χ0n) is 15.2. The molecule has 26 heavy (non-hydrogen) atoms. The van der Waals surface area contributed by atoms with E-state index in [-0.39, 0.29) is 24.2 Å². The number of nitrogens with zero attached hydrogens (tertiary/aromatic N) is 3. The highest BCUT2D eigenvalue weighted by Gasteiger charge is 2.36. The number of ether oxygens (including phenoxy) is 1. The molecule has 0 aromatic heterocycles. The van der Waals surface area contributed by atoms with Crippen LogP contribution in [0.1, 0.15) is 6.42 Å². The normalized spacial score (nSPS) is 30.5. The van der Waals surface area contributed by atoms with Crippen LogP contribution in [0.4, 0.5) is 5.69 Å². The predicted octanol–water partition coefficient (Wildman–Crippen LogP) is 0.164. The maximum Gasteiger partial charge on any atom is 0.227 e. The Kier molecular flexibility index (Phi) is 4.82. The third-order valence-corrected chi connectivity index (χ3v) is 5.76. The lowest BCUT2D eigenvalue weighted by Crippen LogP contribution is -2.63. The van der Waals surface area contributed by atoms with E-state index in [2.05, 4.69) is 15.1 Å². The van der Waals surface area contributed by atoms with Gasteiger partial charge in [-0.05, 0) is 12.1 Å². The number of rotatable bonds is 5. The van der Waals surface area contributed by atoms with Gasteiger partial charge in [0.15, 0.2) is 0 Å². The van der Waals surface area contributed by atoms with E-state index >= 15 is 0 Å². The molecule has 4 saturated heterocycles.